The Balaban J connectivity index is 1.59. The highest BCUT2D eigenvalue weighted by molar-refractivity contribution is 7.19. The first-order valence-electron chi connectivity index (χ1n) is 7.87. The lowest BCUT2D eigenvalue weighted by atomic mass is 9.92. The fourth-order valence-electron chi connectivity index (χ4n) is 3.31. The third kappa shape index (κ3) is 2.65. The Hall–Kier alpha value is -2.05. The van der Waals surface area contributed by atoms with Crippen LogP contribution in [-0.4, -0.2) is 20.7 Å². The minimum Gasteiger partial charge on any atom is -0.366 e. The maximum absolute atomic E-state index is 12.8. The molecule has 5 nitrogen and oxygen atoms in total. The number of carbonyl (C=O) groups excluding carboxylic acids is 1. The SMILES string of the molecule is Cn1ncc2c1CCC[C@H]2NC(=O)c1c[nH]cc1-c1ccc(Cl)s1. The maximum atomic E-state index is 12.8. The Morgan fingerprint density at radius 3 is 3.12 bits per heavy atom. The molecule has 1 amide bonds. The van der Waals surface area contributed by atoms with Crippen molar-refractivity contribution in [3.05, 3.63) is 51.9 Å². The summed E-state index contributed by atoms with van der Waals surface area (Å²) in [5, 5.41) is 7.50. The zero-order valence-corrected chi connectivity index (χ0v) is 14.7. The zero-order chi connectivity index (χ0) is 16.7. The number of aromatic nitrogens is 3. The monoisotopic (exact) mass is 360 g/mol. The quantitative estimate of drug-likeness (QED) is 0.743. The van der Waals surface area contributed by atoms with Crippen LogP contribution in [0, 0.1) is 0 Å². The summed E-state index contributed by atoms with van der Waals surface area (Å²) in [7, 11) is 1.95. The molecule has 124 valence electrons. The summed E-state index contributed by atoms with van der Waals surface area (Å²) in [6, 6.07) is 3.80. The number of amides is 1. The van der Waals surface area contributed by atoms with Gasteiger partial charge in [0.15, 0.2) is 0 Å². The molecule has 0 bridgehead atoms. The van der Waals surface area contributed by atoms with Crippen LogP contribution in [0.3, 0.4) is 0 Å². The van der Waals surface area contributed by atoms with Crippen LogP contribution in [0.4, 0.5) is 0 Å². The first kappa shape index (κ1) is 15.5. The summed E-state index contributed by atoms with van der Waals surface area (Å²) in [5.41, 5.74) is 3.87. The van der Waals surface area contributed by atoms with Crippen molar-refractivity contribution in [3.63, 3.8) is 0 Å². The number of nitrogens with one attached hydrogen (secondary N) is 2. The topological polar surface area (TPSA) is 62.7 Å². The third-order valence-corrected chi connectivity index (χ3v) is 5.77. The Labute approximate surface area is 148 Å². The average Bonchev–Trinajstić information content (AvgIpc) is 3.28. The molecular weight excluding hydrogens is 344 g/mol. The Morgan fingerprint density at radius 1 is 1.46 bits per heavy atom. The van der Waals surface area contributed by atoms with Gasteiger partial charge in [-0.05, 0) is 31.4 Å². The molecule has 0 spiro atoms. The Morgan fingerprint density at radius 2 is 2.33 bits per heavy atom. The molecule has 0 unspecified atom stereocenters. The molecular formula is C17H17ClN4OS. The predicted octanol–water partition coefficient (Wildman–Crippen LogP) is 3.94. The molecule has 0 fully saturated rings. The zero-order valence-electron chi connectivity index (χ0n) is 13.2. The highest BCUT2D eigenvalue weighted by atomic mass is 35.5. The largest absolute Gasteiger partial charge is 0.366 e. The van der Waals surface area contributed by atoms with Gasteiger partial charge in [0.2, 0.25) is 0 Å². The Bertz CT molecular complexity index is 894. The smallest absolute Gasteiger partial charge is 0.253 e. The lowest BCUT2D eigenvalue weighted by molar-refractivity contribution is 0.0933. The number of H-pyrrole nitrogens is 1. The average molecular weight is 361 g/mol. The number of nitrogens with zero attached hydrogens (tertiary/aromatic N) is 2. The highest BCUT2D eigenvalue weighted by Gasteiger charge is 2.26. The summed E-state index contributed by atoms with van der Waals surface area (Å²) < 4.78 is 2.62. The maximum Gasteiger partial charge on any atom is 0.253 e. The van der Waals surface area contributed by atoms with Gasteiger partial charge in [-0.25, -0.2) is 0 Å². The van der Waals surface area contributed by atoms with Crippen LogP contribution >= 0.6 is 22.9 Å². The van der Waals surface area contributed by atoms with E-state index in [-0.39, 0.29) is 11.9 Å². The van der Waals surface area contributed by atoms with Gasteiger partial charge < -0.3 is 10.3 Å². The molecule has 4 rings (SSSR count). The summed E-state index contributed by atoms with van der Waals surface area (Å²) >= 11 is 7.49. The second-order valence-electron chi connectivity index (χ2n) is 5.97. The van der Waals surface area contributed by atoms with E-state index in [4.69, 9.17) is 11.6 Å². The first-order valence-corrected chi connectivity index (χ1v) is 9.07. The molecule has 1 atom stereocenters. The Kier molecular flexibility index (Phi) is 3.94. The van der Waals surface area contributed by atoms with Gasteiger partial charge in [0.05, 0.1) is 22.1 Å². The van der Waals surface area contributed by atoms with Crippen LogP contribution in [0.2, 0.25) is 4.34 Å². The lowest BCUT2D eigenvalue weighted by Gasteiger charge is -2.23. The van der Waals surface area contributed by atoms with Crippen LogP contribution in [0.1, 0.15) is 40.5 Å². The summed E-state index contributed by atoms with van der Waals surface area (Å²) in [6.07, 6.45) is 8.46. The van der Waals surface area contributed by atoms with E-state index >= 15 is 0 Å². The van der Waals surface area contributed by atoms with Crippen LogP contribution < -0.4 is 5.32 Å². The predicted molar refractivity (Wildman–Crippen MR) is 95.5 cm³/mol. The molecule has 1 aliphatic carbocycles. The summed E-state index contributed by atoms with van der Waals surface area (Å²) in [6.45, 7) is 0. The second-order valence-corrected chi connectivity index (χ2v) is 7.69. The van der Waals surface area contributed by atoms with Crippen LogP contribution in [0.25, 0.3) is 10.4 Å². The van der Waals surface area contributed by atoms with Crippen molar-refractivity contribution in [2.45, 2.75) is 25.3 Å². The molecule has 0 aromatic carbocycles. The molecule has 1 aliphatic rings. The van der Waals surface area contributed by atoms with Gasteiger partial charge in [-0.15, -0.1) is 11.3 Å². The highest BCUT2D eigenvalue weighted by Crippen LogP contribution is 2.34. The second kappa shape index (κ2) is 6.11. The van der Waals surface area contributed by atoms with Crippen molar-refractivity contribution in [2.24, 2.45) is 7.05 Å². The fraction of sp³-hybridized carbons (Fsp3) is 0.294. The van der Waals surface area contributed by atoms with E-state index in [1.54, 1.807) is 6.20 Å². The number of hydrogen-bond acceptors (Lipinski definition) is 3. The number of halogens is 1. The van der Waals surface area contributed by atoms with E-state index in [0.717, 1.165) is 35.3 Å². The van der Waals surface area contributed by atoms with Crippen molar-refractivity contribution in [2.75, 3.05) is 0 Å². The van der Waals surface area contributed by atoms with E-state index in [9.17, 15) is 4.79 Å². The van der Waals surface area contributed by atoms with E-state index in [1.807, 2.05) is 36.3 Å². The normalized spacial score (nSPS) is 16.8. The number of thiophene rings is 1. The summed E-state index contributed by atoms with van der Waals surface area (Å²) in [4.78, 5) is 16.8. The standard InChI is InChI=1S/C17H17ClN4OS/c1-22-14-4-2-3-13(12(14)9-20-22)21-17(23)11-8-19-7-10(11)15-5-6-16(18)24-15/h5-9,13,19H,2-4H2,1H3,(H,21,23)/t13-/m1/s1. The van der Waals surface area contributed by atoms with Gasteiger partial charge in [0, 0.05) is 41.1 Å². The summed E-state index contributed by atoms with van der Waals surface area (Å²) in [5.74, 6) is -0.0718. The van der Waals surface area contributed by atoms with E-state index < -0.39 is 0 Å². The number of carbonyl (C=O) groups is 1. The molecule has 3 aromatic heterocycles. The number of fused-ring (bicyclic) bond motifs is 1. The molecule has 2 N–H and O–H groups in total. The van der Waals surface area contributed by atoms with Crippen molar-refractivity contribution < 1.29 is 4.79 Å². The van der Waals surface area contributed by atoms with E-state index in [0.29, 0.717) is 9.90 Å². The number of hydrogen-bond donors (Lipinski definition) is 2. The van der Waals surface area contributed by atoms with Gasteiger partial charge in [-0.3, -0.25) is 9.48 Å². The molecule has 24 heavy (non-hydrogen) atoms. The molecule has 0 saturated carbocycles. The lowest BCUT2D eigenvalue weighted by Crippen LogP contribution is -2.31. The van der Waals surface area contributed by atoms with Crippen molar-refractivity contribution in [1.29, 1.82) is 0 Å². The van der Waals surface area contributed by atoms with Gasteiger partial charge in [-0.2, -0.15) is 5.10 Å². The molecule has 3 aromatic rings. The number of aryl methyl sites for hydroxylation is 1. The van der Waals surface area contributed by atoms with Crippen LogP contribution in [0.15, 0.2) is 30.7 Å². The molecule has 7 heteroatoms. The van der Waals surface area contributed by atoms with Crippen molar-refractivity contribution in [1.82, 2.24) is 20.1 Å². The van der Waals surface area contributed by atoms with Gasteiger partial charge in [-0.1, -0.05) is 11.6 Å². The van der Waals surface area contributed by atoms with Crippen molar-refractivity contribution in [3.8, 4) is 10.4 Å². The number of rotatable bonds is 3. The van der Waals surface area contributed by atoms with E-state index in [2.05, 4.69) is 15.4 Å². The molecule has 3 heterocycles. The molecule has 0 saturated heterocycles. The van der Waals surface area contributed by atoms with E-state index in [1.165, 1.54) is 17.0 Å². The minimum absolute atomic E-state index is 0.0182. The minimum atomic E-state index is -0.0718. The van der Waals surface area contributed by atoms with Gasteiger partial charge in [0.1, 0.15) is 0 Å². The van der Waals surface area contributed by atoms with Gasteiger partial charge >= 0.3 is 0 Å². The van der Waals surface area contributed by atoms with Crippen molar-refractivity contribution >= 4 is 28.8 Å². The third-order valence-electron chi connectivity index (χ3n) is 4.51. The van der Waals surface area contributed by atoms with Gasteiger partial charge in [0.25, 0.3) is 5.91 Å². The molecule has 0 aliphatic heterocycles. The first-order chi connectivity index (χ1) is 11.6. The number of aromatic amines is 1. The fourth-order valence-corrected chi connectivity index (χ4v) is 4.38. The van der Waals surface area contributed by atoms with Crippen LogP contribution in [-0.2, 0) is 13.5 Å². The molecule has 0 radical (unpaired) electrons. The van der Waals surface area contributed by atoms with Crippen LogP contribution in [0.5, 0.6) is 0 Å².